The zero-order chi connectivity index (χ0) is 13.8. The van der Waals surface area contributed by atoms with Crippen LogP contribution in [-0.4, -0.2) is 34.9 Å². The maximum atomic E-state index is 12.3. The lowest BCUT2D eigenvalue weighted by atomic mass is 10.2. The van der Waals surface area contributed by atoms with Gasteiger partial charge in [0.25, 0.3) is 5.91 Å². The number of rotatable bonds is 4. The van der Waals surface area contributed by atoms with E-state index in [1.54, 1.807) is 31.4 Å². The topological polar surface area (TPSA) is 84.1 Å². The van der Waals surface area contributed by atoms with E-state index < -0.39 is 0 Å². The van der Waals surface area contributed by atoms with Crippen LogP contribution in [0.1, 0.15) is 15.2 Å². The minimum absolute atomic E-state index is 0.131. The molecule has 1 amide bonds. The summed E-state index contributed by atoms with van der Waals surface area (Å²) >= 11 is 1.26. The number of anilines is 2. The van der Waals surface area contributed by atoms with E-state index in [0.717, 1.165) is 5.56 Å². The fourth-order valence-corrected chi connectivity index (χ4v) is 2.43. The largest absolute Gasteiger partial charge is 0.382 e. The van der Waals surface area contributed by atoms with Gasteiger partial charge in [0, 0.05) is 33.0 Å². The molecular weight excluding hydrogens is 262 g/mol. The number of pyridine rings is 1. The SMILES string of the molecule is CNc1nc(N)c(C(=O)N(C)Cc2ccncc2)s1. The molecule has 0 aliphatic carbocycles. The molecule has 0 unspecified atom stereocenters. The fourth-order valence-electron chi connectivity index (χ4n) is 1.60. The minimum atomic E-state index is -0.131. The average molecular weight is 277 g/mol. The molecule has 0 bridgehead atoms. The lowest BCUT2D eigenvalue weighted by Gasteiger charge is -2.16. The Morgan fingerprint density at radius 2 is 2.16 bits per heavy atom. The van der Waals surface area contributed by atoms with Crippen molar-refractivity contribution < 1.29 is 4.79 Å². The summed E-state index contributed by atoms with van der Waals surface area (Å²) in [4.78, 5) is 22.4. The summed E-state index contributed by atoms with van der Waals surface area (Å²) in [6, 6.07) is 3.75. The highest BCUT2D eigenvalue weighted by atomic mass is 32.1. The van der Waals surface area contributed by atoms with Crippen LogP contribution in [0.4, 0.5) is 10.9 Å². The predicted molar refractivity (Wildman–Crippen MR) is 76.1 cm³/mol. The number of aromatic nitrogens is 2. The third-order valence-electron chi connectivity index (χ3n) is 2.58. The Hall–Kier alpha value is -2.15. The molecule has 3 N–H and O–H groups in total. The van der Waals surface area contributed by atoms with E-state index in [2.05, 4.69) is 15.3 Å². The Bertz CT molecular complexity index is 569. The van der Waals surface area contributed by atoms with Crippen molar-refractivity contribution in [3.63, 3.8) is 0 Å². The molecule has 2 heterocycles. The van der Waals surface area contributed by atoms with E-state index in [-0.39, 0.29) is 11.7 Å². The Kier molecular flexibility index (Phi) is 3.96. The number of nitrogen functional groups attached to an aromatic ring is 1. The summed E-state index contributed by atoms with van der Waals surface area (Å²) in [5, 5.41) is 3.52. The molecule has 0 radical (unpaired) electrons. The first-order chi connectivity index (χ1) is 9.11. The number of thiazole rings is 1. The smallest absolute Gasteiger partial charge is 0.267 e. The first kappa shape index (κ1) is 13.3. The molecule has 0 aliphatic heterocycles. The van der Waals surface area contributed by atoms with Crippen molar-refractivity contribution in [3.05, 3.63) is 35.0 Å². The molecule has 6 nitrogen and oxygen atoms in total. The molecule has 0 atom stereocenters. The molecule has 2 aromatic heterocycles. The molecule has 19 heavy (non-hydrogen) atoms. The molecule has 0 spiro atoms. The lowest BCUT2D eigenvalue weighted by molar-refractivity contribution is 0.0790. The molecular formula is C12H15N5OS. The van der Waals surface area contributed by atoms with E-state index in [1.807, 2.05) is 12.1 Å². The van der Waals surface area contributed by atoms with Crippen LogP contribution >= 0.6 is 11.3 Å². The number of carbonyl (C=O) groups excluding carboxylic acids is 1. The summed E-state index contributed by atoms with van der Waals surface area (Å²) in [6.45, 7) is 0.508. The van der Waals surface area contributed by atoms with E-state index in [4.69, 9.17) is 5.73 Å². The Morgan fingerprint density at radius 3 is 2.74 bits per heavy atom. The molecule has 0 saturated carbocycles. The van der Waals surface area contributed by atoms with Crippen LogP contribution in [0.2, 0.25) is 0 Å². The van der Waals surface area contributed by atoms with E-state index in [1.165, 1.54) is 11.3 Å². The number of nitrogens with one attached hydrogen (secondary N) is 1. The molecule has 0 fully saturated rings. The summed E-state index contributed by atoms with van der Waals surface area (Å²) in [5.41, 5.74) is 6.77. The van der Waals surface area contributed by atoms with Gasteiger partial charge >= 0.3 is 0 Å². The highest BCUT2D eigenvalue weighted by molar-refractivity contribution is 7.18. The standard InChI is InChI=1S/C12H15N5OS/c1-14-12-16-10(13)9(19-12)11(18)17(2)7-8-3-5-15-6-4-8/h3-6H,7,13H2,1-2H3,(H,14,16). The lowest BCUT2D eigenvalue weighted by Crippen LogP contribution is -2.26. The second-order valence-corrected chi connectivity index (χ2v) is 5.00. The maximum absolute atomic E-state index is 12.3. The van der Waals surface area contributed by atoms with Crippen molar-refractivity contribution in [1.82, 2.24) is 14.9 Å². The number of carbonyl (C=O) groups is 1. The number of nitrogens with zero attached hydrogens (tertiary/aromatic N) is 3. The van der Waals surface area contributed by atoms with Gasteiger partial charge in [-0.25, -0.2) is 4.98 Å². The highest BCUT2D eigenvalue weighted by Gasteiger charge is 2.19. The molecule has 2 aromatic rings. The zero-order valence-electron chi connectivity index (χ0n) is 10.8. The quantitative estimate of drug-likeness (QED) is 0.883. The first-order valence-corrected chi connectivity index (χ1v) is 6.52. The Balaban J connectivity index is 2.12. The van der Waals surface area contributed by atoms with Crippen LogP contribution < -0.4 is 11.1 Å². The van der Waals surface area contributed by atoms with Gasteiger partial charge in [-0.1, -0.05) is 11.3 Å². The van der Waals surface area contributed by atoms with E-state index in [0.29, 0.717) is 16.6 Å². The number of amides is 1. The van der Waals surface area contributed by atoms with Crippen LogP contribution in [0.3, 0.4) is 0 Å². The van der Waals surface area contributed by atoms with Gasteiger partial charge < -0.3 is 16.0 Å². The van der Waals surface area contributed by atoms with Gasteiger partial charge in [-0.05, 0) is 17.7 Å². The van der Waals surface area contributed by atoms with Gasteiger partial charge in [-0.15, -0.1) is 0 Å². The summed E-state index contributed by atoms with van der Waals surface area (Å²) < 4.78 is 0. The molecule has 0 aliphatic rings. The van der Waals surface area contributed by atoms with Crippen LogP contribution in [0.25, 0.3) is 0 Å². The summed E-state index contributed by atoms with van der Waals surface area (Å²) in [6.07, 6.45) is 3.40. The van der Waals surface area contributed by atoms with E-state index in [9.17, 15) is 4.79 Å². The van der Waals surface area contributed by atoms with Gasteiger partial charge in [-0.3, -0.25) is 9.78 Å². The molecule has 0 saturated heterocycles. The molecule has 2 rings (SSSR count). The number of hydrogen-bond acceptors (Lipinski definition) is 6. The average Bonchev–Trinajstić information content (AvgIpc) is 2.80. The number of hydrogen-bond donors (Lipinski definition) is 2. The summed E-state index contributed by atoms with van der Waals surface area (Å²) in [7, 11) is 3.48. The fraction of sp³-hybridized carbons (Fsp3) is 0.250. The third-order valence-corrected chi connectivity index (χ3v) is 3.65. The third kappa shape index (κ3) is 3.00. The van der Waals surface area contributed by atoms with Gasteiger partial charge in [0.05, 0.1) is 0 Å². The van der Waals surface area contributed by atoms with Gasteiger partial charge in [0.15, 0.2) is 5.13 Å². The zero-order valence-corrected chi connectivity index (χ0v) is 11.6. The minimum Gasteiger partial charge on any atom is -0.382 e. The Morgan fingerprint density at radius 1 is 1.47 bits per heavy atom. The van der Waals surface area contributed by atoms with Gasteiger partial charge in [0.1, 0.15) is 10.7 Å². The first-order valence-electron chi connectivity index (χ1n) is 5.70. The second kappa shape index (κ2) is 5.66. The predicted octanol–water partition coefficient (Wildman–Crippen LogP) is 1.43. The van der Waals surface area contributed by atoms with Crippen molar-refractivity contribution in [2.75, 3.05) is 25.1 Å². The van der Waals surface area contributed by atoms with Crippen molar-refractivity contribution in [2.24, 2.45) is 0 Å². The monoisotopic (exact) mass is 277 g/mol. The van der Waals surface area contributed by atoms with Crippen LogP contribution in [0, 0.1) is 0 Å². The van der Waals surface area contributed by atoms with Gasteiger partial charge in [0.2, 0.25) is 0 Å². The van der Waals surface area contributed by atoms with Crippen molar-refractivity contribution in [1.29, 1.82) is 0 Å². The normalized spacial score (nSPS) is 10.2. The second-order valence-electron chi connectivity index (χ2n) is 4.00. The molecule has 100 valence electrons. The van der Waals surface area contributed by atoms with Crippen molar-refractivity contribution in [2.45, 2.75) is 6.54 Å². The maximum Gasteiger partial charge on any atom is 0.267 e. The molecule has 0 aromatic carbocycles. The Labute approximate surface area is 115 Å². The molecule has 7 heteroatoms. The van der Waals surface area contributed by atoms with Crippen LogP contribution in [0.5, 0.6) is 0 Å². The summed E-state index contributed by atoms with van der Waals surface area (Å²) in [5.74, 6) is 0.134. The van der Waals surface area contributed by atoms with Crippen LogP contribution in [-0.2, 0) is 6.54 Å². The number of nitrogens with two attached hydrogens (primary N) is 1. The van der Waals surface area contributed by atoms with E-state index >= 15 is 0 Å². The van der Waals surface area contributed by atoms with Crippen LogP contribution in [0.15, 0.2) is 24.5 Å². The van der Waals surface area contributed by atoms with Crippen molar-refractivity contribution in [3.8, 4) is 0 Å². The van der Waals surface area contributed by atoms with Crippen molar-refractivity contribution >= 4 is 28.2 Å². The van der Waals surface area contributed by atoms with Gasteiger partial charge in [-0.2, -0.15) is 0 Å². The highest BCUT2D eigenvalue weighted by Crippen LogP contribution is 2.25.